The first-order chi connectivity index (χ1) is 18.9. The van der Waals surface area contributed by atoms with Crippen molar-refractivity contribution in [3.63, 3.8) is 0 Å². The van der Waals surface area contributed by atoms with E-state index in [1.54, 1.807) is 0 Å². The van der Waals surface area contributed by atoms with Gasteiger partial charge in [-0.25, -0.2) is 14.3 Å². The molecule has 0 spiro atoms. The lowest BCUT2D eigenvalue weighted by Crippen LogP contribution is -2.30. The van der Waals surface area contributed by atoms with Crippen LogP contribution >= 0.6 is 0 Å². The maximum atomic E-state index is 7.08. The van der Waals surface area contributed by atoms with Crippen molar-refractivity contribution in [3.05, 3.63) is 108 Å². The first kappa shape index (κ1) is 26.1. The second-order valence-corrected chi connectivity index (χ2v) is 13.4. The highest BCUT2D eigenvalue weighted by atomic mass is 16.5. The van der Waals surface area contributed by atoms with Gasteiger partial charge in [0.2, 0.25) is 0 Å². The van der Waals surface area contributed by atoms with E-state index in [1.807, 2.05) is 65.0 Å². The van der Waals surface area contributed by atoms with Gasteiger partial charge in [0.1, 0.15) is 5.75 Å². The highest BCUT2D eigenvalue weighted by molar-refractivity contribution is 5.68. The zero-order valence-electron chi connectivity index (χ0n) is 24.7. The lowest BCUT2D eigenvalue weighted by molar-refractivity contribution is 0.371. The number of hydrogen-bond donors (Lipinski definition) is 0. The van der Waals surface area contributed by atoms with Crippen LogP contribution < -0.4 is 4.74 Å². The standard InChI is InChI=1S/C33H38N6O/c1-31(2,3)22-17-24(30(38-14-9-11-35-38)39-15-10-12-36-39)28-25(18-22)33(7,8)26-19-23(32(4,5)6)20-27(29(26)40-28)37-16-13-34-21-37/h9-21,30H,1-8H3. The van der Waals surface area contributed by atoms with Crippen molar-refractivity contribution in [2.24, 2.45) is 0 Å². The second-order valence-electron chi connectivity index (χ2n) is 13.4. The van der Waals surface area contributed by atoms with Gasteiger partial charge in [-0.2, -0.15) is 10.2 Å². The summed E-state index contributed by atoms with van der Waals surface area (Å²) in [7, 11) is 0. The van der Waals surface area contributed by atoms with Crippen LogP contribution in [0.4, 0.5) is 0 Å². The van der Waals surface area contributed by atoms with Gasteiger partial charge in [-0.3, -0.25) is 0 Å². The number of hydrogen-bond acceptors (Lipinski definition) is 4. The molecule has 0 fully saturated rings. The van der Waals surface area contributed by atoms with Crippen molar-refractivity contribution in [2.45, 2.75) is 77.8 Å². The summed E-state index contributed by atoms with van der Waals surface area (Å²) < 4.78 is 13.0. The van der Waals surface area contributed by atoms with Gasteiger partial charge in [0.05, 0.1) is 12.0 Å². The van der Waals surface area contributed by atoms with Gasteiger partial charge in [0.15, 0.2) is 11.9 Å². The first-order valence-electron chi connectivity index (χ1n) is 13.9. The third-order valence-electron chi connectivity index (χ3n) is 8.08. The molecule has 7 nitrogen and oxygen atoms in total. The van der Waals surface area contributed by atoms with Crippen LogP contribution in [0, 0.1) is 0 Å². The summed E-state index contributed by atoms with van der Waals surface area (Å²) in [6, 6.07) is 13.1. The van der Waals surface area contributed by atoms with E-state index in [-0.39, 0.29) is 22.4 Å². The van der Waals surface area contributed by atoms with E-state index in [9.17, 15) is 0 Å². The van der Waals surface area contributed by atoms with E-state index in [1.165, 1.54) is 16.7 Å². The fourth-order valence-corrected chi connectivity index (χ4v) is 5.57. The van der Waals surface area contributed by atoms with Crippen molar-refractivity contribution in [2.75, 3.05) is 0 Å². The lowest BCUT2D eigenvalue weighted by Gasteiger charge is -2.40. The minimum atomic E-state index is -0.339. The molecule has 1 aliphatic heterocycles. The van der Waals surface area contributed by atoms with Gasteiger partial charge in [-0.05, 0) is 46.2 Å². The molecule has 0 bridgehead atoms. The van der Waals surface area contributed by atoms with Gasteiger partial charge in [0.25, 0.3) is 0 Å². The van der Waals surface area contributed by atoms with Gasteiger partial charge < -0.3 is 9.30 Å². The normalized spacial score (nSPS) is 14.6. The monoisotopic (exact) mass is 534 g/mol. The quantitative estimate of drug-likeness (QED) is 0.241. The molecule has 0 saturated carbocycles. The molecule has 4 heterocycles. The molecule has 0 aliphatic carbocycles. The Hall–Kier alpha value is -4.13. The third-order valence-corrected chi connectivity index (χ3v) is 8.08. The van der Waals surface area contributed by atoms with E-state index in [2.05, 4.69) is 99.4 Å². The van der Waals surface area contributed by atoms with Crippen molar-refractivity contribution in [1.29, 1.82) is 0 Å². The molecular weight excluding hydrogens is 496 g/mol. The Morgan fingerprint density at radius 1 is 0.725 bits per heavy atom. The first-order valence-corrected chi connectivity index (χ1v) is 13.9. The molecule has 0 N–H and O–H groups in total. The minimum Gasteiger partial charge on any atom is -0.454 e. The molecule has 0 amide bonds. The second kappa shape index (κ2) is 8.95. The van der Waals surface area contributed by atoms with Crippen LogP contribution in [0.3, 0.4) is 0 Å². The maximum absolute atomic E-state index is 7.08. The number of benzene rings is 2. The van der Waals surface area contributed by atoms with Crippen molar-refractivity contribution in [3.8, 4) is 17.2 Å². The molecule has 0 radical (unpaired) electrons. The minimum absolute atomic E-state index is 0.0373. The van der Waals surface area contributed by atoms with Crippen LogP contribution in [0.15, 0.2) is 79.9 Å². The van der Waals surface area contributed by atoms with E-state index >= 15 is 0 Å². The molecule has 0 saturated heterocycles. The summed E-state index contributed by atoms with van der Waals surface area (Å²) in [6.45, 7) is 18.2. The van der Waals surface area contributed by atoms with Crippen molar-refractivity contribution < 1.29 is 4.74 Å². The predicted molar refractivity (Wildman–Crippen MR) is 158 cm³/mol. The number of imidazole rings is 1. The molecule has 5 aromatic rings. The zero-order valence-corrected chi connectivity index (χ0v) is 24.7. The molecule has 7 heteroatoms. The number of ether oxygens (including phenoxy) is 1. The third kappa shape index (κ3) is 4.24. The topological polar surface area (TPSA) is 62.7 Å². The van der Waals surface area contributed by atoms with Crippen LogP contribution in [0.1, 0.15) is 89.4 Å². The van der Waals surface area contributed by atoms with Crippen molar-refractivity contribution >= 4 is 0 Å². The highest BCUT2D eigenvalue weighted by Gasteiger charge is 2.41. The Kier molecular flexibility index (Phi) is 5.84. The van der Waals surface area contributed by atoms with Crippen LogP contribution in [-0.4, -0.2) is 29.1 Å². The number of rotatable bonds is 4. The summed E-state index contributed by atoms with van der Waals surface area (Å²) in [5, 5.41) is 9.31. The molecule has 206 valence electrons. The molecule has 0 atom stereocenters. The van der Waals surface area contributed by atoms with E-state index in [0.29, 0.717) is 0 Å². The van der Waals surface area contributed by atoms with Crippen LogP contribution in [0.25, 0.3) is 5.69 Å². The molecule has 2 aromatic carbocycles. The van der Waals surface area contributed by atoms with Gasteiger partial charge >= 0.3 is 0 Å². The van der Waals surface area contributed by atoms with Crippen LogP contribution in [-0.2, 0) is 16.2 Å². The summed E-state index contributed by atoms with van der Waals surface area (Å²) in [5.74, 6) is 1.71. The van der Waals surface area contributed by atoms with E-state index in [4.69, 9.17) is 4.74 Å². The number of fused-ring (bicyclic) bond motifs is 2. The van der Waals surface area contributed by atoms with Gasteiger partial charge in [-0.15, -0.1) is 0 Å². The van der Waals surface area contributed by atoms with Crippen LogP contribution in [0.2, 0.25) is 0 Å². The lowest BCUT2D eigenvalue weighted by atomic mass is 9.71. The summed E-state index contributed by atoms with van der Waals surface area (Å²) >= 11 is 0. The van der Waals surface area contributed by atoms with Gasteiger partial charge in [0, 0.05) is 59.3 Å². The maximum Gasteiger partial charge on any atom is 0.172 e. The average Bonchev–Trinajstić information content (AvgIpc) is 3.67. The molecule has 3 aromatic heterocycles. The van der Waals surface area contributed by atoms with Crippen molar-refractivity contribution in [1.82, 2.24) is 29.1 Å². The summed E-state index contributed by atoms with van der Waals surface area (Å²) in [6.07, 6.45) is 12.9. The largest absolute Gasteiger partial charge is 0.454 e. The smallest absolute Gasteiger partial charge is 0.172 e. The van der Waals surface area contributed by atoms with Crippen LogP contribution in [0.5, 0.6) is 11.5 Å². The van der Waals surface area contributed by atoms with E-state index in [0.717, 1.165) is 28.3 Å². The Morgan fingerprint density at radius 3 is 1.80 bits per heavy atom. The molecular formula is C33H38N6O. The molecule has 0 unspecified atom stereocenters. The summed E-state index contributed by atoms with van der Waals surface area (Å²) in [4.78, 5) is 4.36. The molecule has 1 aliphatic rings. The average molecular weight is 535 g/mol. The number of nitrogens with zero attached hydrogens (tertiary/aromatic N) is 6. The zero-order chi connectivity index (χ0) is 28.4. The Morgan fingerprint density at radius 2 is 1.30 bits per heavy atom. The molecule has 40 heavy (non-hydrogen) atoms. The number of aromatic nitrogens is 6. The SMILES string of the molecule is CC(C)(C)c1cc(C(n2cccn2)n2cccn2)c2c(c1)C(C)(C)c1cc(C(C)(C)C)cc(-n3ccnc3)c1O2. The Labute approximate surface area is 236 Å². The fraction of sp³-hybridized carbons (Fsp3) is 0.364. The fourth-order valence-electron chi connectivity index (χ4n) is 5.57. The predicted octanol–water partition coefficient (Wildman–Crippen LogP) is 7.39. The van der Waals surface area contributed by atoms with E-state index < -0.39 is 0 Å². The highest BCUT2D eigenvalue weighted by Crippen LogP contribution is 2.54. The Bertz CT molecular complexity index is 1610. The van der Waals surface area contributed by atoms with Gasteiger partial charge in [-0.1, -0.05) is 67.5 Å². The molecule has 6 rings (SSSR count). The Balaban J connectivity index is 1.68. The summed E-state index contributed by atoms with van der Waals surface area (Å²) in [5.41, 5.74) is 6.38.